The summed E-state index contributed by atoms with van der Waals surface area (Å²) in [6.07, 6.45) is 4.37. The Kier molecular flexibility index (Phi) is 3.87. The maximum Gasteiger partial charge on any atom is 0.231 e. The third-order valence-corrected chi connectivity index (χ3v) is 4.63. The van der Waals surface area contributed by atoms with Gasteiger partial charge in [0.15, 0.2) is 0 Å². The first-order valence-corrected chi connectivity index (χ1v) is 7.35. The van der Waals surface area contributed by atoms with E-state index in [-0.39, 0.29) is 11.3 Å². The molecule has 0 atom stereocenters. The van der Waals surface area contributed by atoms with Crippen LogP contribution in [0.1, 0.15) is 44.4 Å². The molecule has 0 spiro atoms. The molecule has 0 radical (unpaired) electrons. The zero-order valence-corrected chi connectivity index (χ0v) is 11.5. The van der Waals surface area contributed by atoms with Crippen LogP contribution in [-0.2, 0) is 10.2 Å². The van der Waals surface area contributed by atoms with Crippen molar-refractivity contribution in [3.05, 3.63) is 22.4 Å². The molecule has 1 aliphatic rings. The molecule has 2 nitrogen and oxygen atoms in total. The van der Waals surface area contributed by atoms with Gasteiger partial charge in [0.05, 0.1) is 5.41 Å². The van der Waals surface area contributed by atoms with Gasteiger partial charge in [0.1, 0.15) is 0 Å². The van der Waals surface area contributed by atoms with E-state index in [1.165, 1.54) is 17.7 Å². The molecule has 94 valence electrons. The van der Waals surface area contributed by atoms with Crippen LogP contribution < -0.4 is 5.32 Å². The zero-order chi connectivity index (χ0) is 12.3. The van der Waals surface area contributed by atoms with E-state index in [2.05, 4.69) is 36.7 Å². The maximum absolute atomic E-state index is 12.5. The van der Waals surface area contributed by atoms with E-state index in [0.717, 1.165) is 19.4 Å². The molecule has 1 N–H and O–H groups in total. The van der Waals surface area contributed by atoms with E-state index in [0.29, 0.717) is 5.92 Å². The second-order valence-corrected chi connectivity index (χ2v) is 6.32. The molecule has 2 rings (SSSR count). The first-order chi connectivity index (χ1) is 8.15. The van der Waals surface area contributed by atoms with E-state index in [1.54, 1.807) is 11.3 Å². The third-order valence-electron chi connectivity index (χ3n) is 3.56. The minimum atomic E-state index is -0.219. The van der Waals surface area contributed by atoms with E-state index in [9.17, 15) is 4.79 Å². The summed E-state index contributed by atoms with van der Waals surface area (Å²) in [7, 11) is 0. The smallest absolute Gasteiger partial charge is 0.231 e. The fraction of sp³-hybridized carbons (Fsp3) is 0.643. The molecule has 0 unspecified atom stereocenters. The molecule has 1 amide bonds. The van der Waals surface area contributed by atoms with E-state index < -0.39 is 0 Å². The number of carbonyl (C=O) groups is 1. The molecular weight excluding hydrogens is 230 g/mol. The quantitative estimate of drug-likeness (QED) is 0.873. The number of hydrogen-bond acceptors (Lipinski definition) is 2. The summed E-state index contributed by atoms with van der Waals surface area (Å²) < 4.78 is 0. The number of amides is 1. The maximum atomic E-state index is 12.5. The van der Waals surface area contributed by atoms with Gasteiger partial charge in [0, 0.05) is 11.4 Å². The van der Waals surface area contributed by atoms with Gasteiger partial charge in [-0.15, -0.1) is 11.3 Å². The Balaban J connectivity index is 2.14. The summed E-state index contributed by atoms with van der Waals surface area (Å²) in [4.78, 5) is 13.7. The molecule has 1 aromatic rings. The van der Waals surface area contributed by atoms with Crippen molar-refractivity contribution in [2.24, 2.45) is 5.92 Å². The van der Waals surface area contributed by atoms with Crippen molar-refractivity contribution >= 4 is 17.2 Å². The number of thiophene rings is 1. The third kappa shape index (κ3) is 2.54. The predicted molar refractivity (Wildman–Crippen MR) is 72.3 cm³/mol. The van der Waals surface area contributed by atoms with Crippen LogP contribution in [0.3, 0.4) is 0 Å². The summed E-state index contributed by atoms with van der Waals surface area (Å²) >= 11 is 1.72. The first-order valence-electron chi connectivity index (χ1n) is 6.47. The van der Waals surface area contributed by atoms with Gasteiger partial charge in [0.25, 0.3) is 0 Å². The molecular formula is C14H21NOS. The molecule has 1 fully saturated rings. The number of carbonyl (C=O) groups excluding carboxylic acids is 1. The highest BCUT2D eigenvalue weighted by Gasteiger charge is 2.43. The lowest BCUT2D eigenvalue weighted by Crippen LogP contribution is -2.43. The van der Waals surface area contributed by atoms with Crippen molar-refractivity contribution < 1.29 is 4.79 Å². The van der Waals surface area contributed by atoms with Gasteiger partial charge in [-0.2, -0.15) is 0 Å². The second-order valence-electron chi connectivity index (χ2n) is 5.37. The van der Waals surface area contributed by atoms with Gasteiger partial charge in [-0.3, -0.25) is 4.79 Å². The van der Waals surface area contributed by atoms with Crippen molar-refractivity contribution in [1.82, 2.24) is 5.32 Å². The fourth-order valence-electron chi connectivity index (χ4n) is 2.58. The van der Waals surface area contributed by atoms with Crippen LogP contribution >= 0.6 is 11.3 Å². The van der Waals surface area contributed by atoms with Crippen LogP contribution in [0.5, 0.6) is 0 Å². The summed E-state index contributed by atoms with van der Waals surface area (Å²) in [5.41, 5.74) is -0.219. The zero-order valence-electron chi connectivity index (χ0n) is 10.7. The summed E-state index contributed by atoms with van der Waals surface area (Å²) in [6, 6.07) is 4.17. The lowest BCUT2D eigenvalue weighted by atomic mass is 9.83. The van der Waals surface area contributed by atoms with E-state index >= 15 is 0 Å². The average Bonchev–Trinajstić information content (AvgIpc) is 2.95. The molecule has 0 bridgehead atoms. The van der Waals surface area contributed by atoms with Crippen molar-refractivity contribution in [1.29, 1.82) is 0 Å². The average molecular weight is 251 g/mol. The Morgan fingerprint density at radius 3 is 2.71 bits per heavy atom. The highest BCUT2D eigenvalue weighted by atomic mass is 32.1. The van der Waals surface area contributed by atoms with Crippen LogP contribution in [0.25, 0.3) is 0 Å². The molecule has 0 aromatic carbocycles. The molecule has 1 aliphatic carbocycles. The summed E-state index contributed by atoms with van der Waals surface area (Å²) in [5, 5.41) is 5.20. The van der Waals surface area contributed by atoms with E-state index in [4.69, 9.17) is 0 Å². The minimum absolute atomic E-state index is 0.219. The Bertz CT molecular complexity index is 364. The molecule has 1 heterocycles. The molecule has 0 aliphatic heterocycles. The van der Waals surface area contributed by atoms with Gasteiger partial charge in [-0.1, -0.05) is 32.8 Å². The Morgan fingerprint density at radius 2 is 2.18 bits per heavy atom. The molecule has 3 heteroatoms. The second kappa shape index (κ2) is 5.21. The van der Waals surface area contributed by atoms with Crippen molar-refractivity contribution in [2.75, 3.05) is 6.54 Å². The summed E-state index contributed by atoms with van der Waals surface area (Å²) in [5.74, 6) is 0.756. The molecule has 1 aromatic heterocycles. The highest BCUT2D eigenvalue weighted by molar-refractivity contribution is 7.10. The lowest BCUT2D eigenvalue weighted by molar-refractivity contribution is -0.126. The van der Waals surface area contributed by atoms with Gasteiger partial charge in [-0.25, -0.2) is 0 Å². The van der Waals surface area contributed by atoms with Crippen LogP contribution in [0.2, 0.25) is 0 Å². The normalized spacial score (nSPS) is 18.5. The van der Waals surface area contributed by atoms with Crippen molar-refractivity contribution in [2.45, 2.75) is 44.9 Å². The van der Waals surface area contributed by atoms with Crippen LogP contribution in [0.4, 0.5) is 0 Å². The standard InChI is InChI=1S/C14H21NOS/c1-11(2)10-15-13(16)14(7-3-4-8-14)12-6-5-9-17-12/h5-6,9,11H,3-4,7-8,10H2,1-2H3,(H,15,16). The van der Waals surface area contributed by atoms with Crippen LogP contribution in [0.15, 0.2) is 17.5 Å². The predicted octanol–water partition coefficient (Wildman–Crippen LogP) is 3.33. The molecule has 17 heavy (non-hydrogen) atoms. The van der Waals surface area contributed by atoms with Gasteiger partial charge in [0.2, 0.25) is 5.91 Å². The number of nitrogens with one attached hydrogen (secondary N) is 1. The first kappa shape index (κ1) is 12.6. The van der Waals surface area contributed by atoms with E-state index in [1.807, 2.05) is 0 Å². The van der Waals surface area contributed by atoms with Gasteiger partial charge < -0.3 is 5.32 Å². The summed E-state index contributed by atoms with van der Waals surface area (Å²) in [6.45, 7) is 5.05. The van der Waals surface area contributed by atoms with Crippen LogP contribution in [-0.4, -0.2) is 12.5 Å². The number of hydrogen-bond donors (Lipinski definition) is 1. The minimum Gasteiger partial charge on any atom is -0.355 e. The lowest BCUT2D eigenvalue weighted by Gasteiger charge is -2.27. The van der Waals surface area contributed by atoms with Crippen LogP contribution in [0, 0.1) is 5.92 Å². The largest absolute Gasteiger partial charge is 0.355 e. The Hall–Kier alpha value is -0.830. The molecule has 0 saturated heterocycles. The van der Waals surface area contributed by atoms with Gasteiger partial charge >= 0.3 is 0 Å². The monoisotopic (exact) mass is 251 g/mol. The fourth-order valence-corrected chi connectivity index (χ4v) is 3.56. The highest BCUT2D eigenvalue weighted by Crippen LogP contribution is 2.43. The SMILES string of the molecule is CC(C)CNC(=O)C1(c2cccs2)CCCC1. The van der Waals surface area contributed by atoms with Gasteiger partial charge in [-0.05, 0) is 30.2 Å². The Labute approximate surface area is 107 Å². The topological polar surface area (TPSA) is 29.1 Å². The van der Waals surface area contributed by atoms with Crippen molar-refractivity contribution in [3.8, 4) is 0 Å². The molecule has 1 saturated carbocycles. The number of rotatable bonds is 4. The Morgan fingerprint density at radius 1 is 1.47 bits per heavy atom. The van der Waals surface area contributed by atoms with Crippen molar-refractivity contribution in [3.63, 3.8) is 0 Å².